The summed E-state index contributed by atoms with van der Waals surface area (Å²) < 4.78 is 18.5. The van der Waals surface area contributed by atoms with E-state index in [1.807, 2.05) is 19.9 Å². The first kappa shape index (κ1) is 15.8. The van der Waals surface area contributed by atoms with Crippen LogP contribution >= 0.6 is 0 Å². The minimum Gasteiger partial charge on any atom is -0.452 e. The number of aromatic nitrogens is 6. The zero-order valence-electron chi connectivity index (χ0n) is 13.4. The Morgan fingerprint density at radius 1 is 1.17 bits per heavy atom. The van der Waals surface area contributed by atoms with Crippen molar-refractivity contribution in [1.82, 2.24) is 30.1 Å². The highest BCUT2D eigenvalue weighted by Crippen LogP contribution is 2.21. The monoisotopic (exact) mass is 329 g/mol. The van der Waals surface area contributed by atoms with Crippen LogP contribution in [0.25, 0.3) is 0 Å². The zero-order chi connectivity index (χ0) is 17.1. The lowest BCUT2D eigenvalue weighted by atomic mass is 10.3. The number of ether oxygens (including phenoxy) is 1. The van der Waals surface area contributed by atoms with Gasteiger partial charge in [0.15, 0.2) is 23.6 Å². The summed E-state index contributed by atoms with van der Waals surface area (Å²) >= 11 is 0. The third-order valence-corrected chi connectivity index (χ3v) is 3.19. The Bertz CT molecular complexity index is 834. The minimum absolute atomic E-state index is 0.163. The molecule has 0 spiro atoms. The maximum atomic E-state index is 12.9. The molecule has 9 heteroatoms. The third-order valence-electron chi connectivity index (χ3n) is 3.19. The van der Waals surface area contributed by atoms with Gasteiger partial charge in [-0.3, -0.25) is 5.10 Å². The average molecular weight is 329 g/mol. The summed E-state index contributed by atoms with van der Waals surface area (Å²) in [5.74, 6) is 1.07. The van der Waals surface area contributed by atoms with Crippen LogP contribution in [-0.4, -0.2) is 30.1 Å². The summed E-state index contributed by atoms with van der Waals surface area (Å²) in [4.78, 5) is 16.2. The molecular weight excluding hydrogens is 313 g/mol. The van der Waals surface area contributed by atoms with Crippen molar-refractivity contribution in [3.63, 3.8) is 0 Å². The van der Waals surface area contributed by atoms with Crippen molar-refractivity contribution in [2.75, 3.05) is 5.32 Å². The zero-order valence-corrected chi connectivity index (χ0v) is 13.4. The van der Waals surface area contributed by atoms with Crippen LogP contribution in [0.15, 0.2) is 24.7 Å². The predicted molar refractivity (Wildman–Crippen MR) is 84.4 cm³/mol. The lowest BCUT2D eigenvalue weighted by Gasteiger charge is -2.13. The van der Waals surface area contributed by atoms with E-state index in [-0.39, 0.29) is 6.01 Å². The van der Waals surface area contributed by atoms with E-state index in [0.29, 0.717) is 17.5 Å². The van der Waals surface area contributed by atoms with Gasteiger partial charge in [-0.15, -0.1) is 0 Å². The summed E-state index contributed by atoms with van der Waals surface area (Å²) in [6.45, 7) is 5.52. The van der Waals surface area contributed by atoms with Gasteiger partial charge >= 0.3 is 6.01 Å². The molecule has 0 amide bonds. The molecule has 2 N–H and O–H groups in total. The highest BCUT2D eigenvalue weighted by atomic mass is 19.1. The number of anilines is 2. The van der Waals surface area contributed by atoms with Gasteiger partial charge in [-0.25, -0.2) is 19.3 Å². The van der Waals surface area contributed by atoms with Crippen molar-refractivity contribution in [2.24, 2.45) is 0 Å². The van der Waals surface area contributed by atoms with Crippen LogP contribution in [0.4, 0.5) is 16.0 Å². The van der Waals surface area contributed by atoms with Crippen molar-refractivity contribution in [3.8, 4) is 6.01 Å². The van der Waals surface area contributed by atoms with E-state index in [4.69, 9.17) is 4.74 Å². The molecule has 0 saturated heterocycles. The van der Waals surface area contributed by atoms with E-state index in [9.17, 15) is 4.39 Å². The molecule has 0 fully saturated rings. The lowest BCUT2D eigenvalue weighted by molar-refractivity contribution is 0.197. The Morgan fingerprint density at radius 3 is 2.58 bits per heavy atom. The number of halogens is 1. The topological polar surface area (TPSA) is 102 Å². The summed E-state index contributed by atoms with van der Waals surface area (Å²) in [5, 5.41) is 10.1. The predicted octanol–water partition coefficient (Wildman–Crippen LogP) is 2.63. The number of aromatic amines is 1. The number of hydrogen-bond acceptors (Lipinski definition) is 7. The minimum atomic E-state index is -0.520. The van der Waals surface area contributed by atoms with Gasteiger partial charge in [-0.2, -0.15) is 10.1 Å². The molecule has 0 bridgehead atoms. The third kappa shape index (κ3) is 3.62. The molecule has 3 heterocycles. The molecule has 1 atom stereocenters. The molecule has 124 valence electrons. The summed E-state index contributed by atoms with van der Waals surface area (Å²) in [5.41, 5.74) is 1.77. The quantitative estimate of drug-likeness (QED) is 0.742. The fourth-order valence-corrected chi connectivity index (χ4v) is 1.96. The van der Waals surface area contributed by atoms with Crippen LogP contribution in [0.3, 0.4) is 0 Å². The molecule has 24 heavy (non-hydrogen) atoms. The second-order valence-electron chi connectivity index (χ2n) is 5.26. The molecular formula is C15H16FN7O. The highest BCUT2D eigenvalue weighted by molar-refractivity contribution is 5.55. The number of aryl methyl sites for hydroxylation is 2. The SMILES string of the molecule is Cc1cc(Nc2nc(OC(C)c3ncc(F)cn3)ncc2C)n[nH]1. The van der Waals surface area contributed by atoms with Gasteiger partial charge in [-0.05, 0) is 20.8 Å². The highest BCUT2D eigenvalue weighted by Gasteiger charge is 2.14. The van der Waals surface area contributed by atoms with E-state index in [0.717, 1.165) is 23.7 Å². The Hall–Kier alpha value is -3.10. The van der Waals surface area contributed by atoms with Crippen LogP contribution in [0, 0.1) is 19.7 Å². The maximum absolute atomic E-state index is 12.9. The van der Waals surface area contributed by atoms with Gasteiger partial charge in [0, 0.05) is 23.5 Å². The van der Waals surface area contributed by atoms with Crippen LogP contribution in [0.2, 0.25) is 0 Å². The molecule has 0 radical (unpaired) electrons. The summed E-state index contributed by atoms with van der Waals surface area (Å²) in [6.07, 6.45) is 3.30. The van der Waals surface area contributed by atoms with E-state index >= 15 is 0 Å². The number of nitrogens with zero attached hydrogens (tertiary/aromatic N) is 5. The van der Waals surface area contributed by atoms with E-state index in [2.05, 4.69) is 35.5 Å². The molecule has 0 aromatic carbocycles. The first-order valence-electron chi connectivity index (χ1n) is 7.28. The first-order valence-corrected chi connectivity index (χ1v) is 7.28. The molecule has 0 aliphatic rings. The van der Waals surface area contributed by atoms with Crippen molar-refractivity contribution in [1.29, 1.82) is 0 Å². The van der Waals surface area contributed by atoms with Crippen LogP contribution in [-0.2, 0) is 0 Å². The molecule has 1 unspecified atom stereocenters. The van der Waals surface area contributed by atoms with Gasteiger partial charge in [0.05, 0.1) is 12.4 Å². The Labute approximate surface area is 137 Å². The number of rotatable bonds is 5. The molecule has 0 aliphatic heterocycles. The average Bonchev–Trinajstić information content (AvgIpc) is 2.96. The smallest absolute Gasteiger partial charge is 0.319 e. The number of H-pyrrole nitrogens is 1. The molecule has 8 nitrogen and oxygen atoms in total. The maximum Gasteiger partial charge on any atom is 0.319 e. The second kappa shape index (κ2) is 6.57. The van der Waals surface area contributed by atoms with Gasteiger partial charge < -0.3 is 10.1 Å². The van der Waals surface area contributed by atoms with Crippen molar-refractivity contribution in [3.05, 3.63) is 47.6 Å². The van der Waals surface area contributed by atoms with Crippen LogP contribution < -0.4 is 10.1 Å². The molecule has 0 saturated carbocycles. The fraction of sp³-hybridized carbons (Fsp3) is 0.267. The van der Waals surface area contributed by atoms with Crippen LogP contribution in [0.1, 0.15) is 30.1 Å². The first-order chi connectivity index (χ1) is 11.5. The van der Waals surface area contributed by atoms with Crippen molar-refractivity contribution >= 4 is 11.6 Å². The van der Waals surface area contributed by atoms with E-state index < -0.39 is 11.9 Å². The van der Waals surface area contributed by atoms with E-state index in [1.54, 1.807) is 13.1 Å². The Balaban J connectivity index is 1.76. The standard InChI is InChI=1S/C15H16FN7O/c1-8-5-19-15(21-13(8)20-12-4-9(2)22-23-12)24-10(3)14-17-6-11(16)7-18-14/h4-7,10H,1-3H3,(H2,19,20,21,22,23). The Morgan fingerprint density at radius 2 is 1.92 bits per heavy atom. The summed E-state index contributed by atoms with van der Waals surface area (Å²) in [7, 11) is 0. The molecule has 3 aromatic rings. The van der Waals surface area contributed by atoms with E-state index in [1.165, 1.54) is 0 Å². The fourth-order valence-electron chi connectivity index (χ4n) is 1.96. The number of nitrogens with one attached hydrogen (secondary N) is 2. The molecule has 3 aromatic heterocycles. The second-order valence-corrected chi connectivity index (χ2v) is 5.26. The van der Waals surface area contributed by atoms with Gasteiger partial charge in [0.1, 0.15) is 5.82 Å². The number of hydrogen-bond donors (Lipinski definition) is 2. The van der Waals surface area contributed by atoms with Crippen molar-refractivity contribution < 1.29 is 9.13 Å². The molecule has 0 aliphatic carbocycles. The van der Waals surface area contributed by atoms with Gasteiger partial charge in [0.25, 0.3) is 0 Å². The van der Waals surface area contributed by atoms with Gasteiger partial charge in [0.2, 0.25) is 0 Å². The largest absolute Gasteiger partial charge is 0.452 e. The Kier molecular flexibility index (Phi) is 4.32. The van der Waals surface area contributed by atoms with Gasteiger partial charge in [-0.1, -0.05) is 0 Å². The van der Waals surface area contributed by atoms with Crippen molar-refractivity contribution in [2.45, 2.75) is 26.9 Å². The lowest BCUT2D eigenvalue weighted by Crippen LogP contribution is -2.10. The van der Waals surface area contributed by atoms with Crippen LogP contribution in [0.5, 0.6) is 6.01 Å². The molecule has 3 rings (SSSR count). The normalized spacial score (nSPS) is 12.0. The summed E-state index contributed by atoms with van der Waals surface area (Å²) in [6, 6.07) is 2.02.